The highest BCUT2D eigenvalue weighted by atomic mass is 35.5. The molecule has 1 unspecified atom stereocenters. The minimum Gasteiger partial charge on any atom is -0.358 e. The summed E-state index contributed by atoms with van der Waals surface area (Å²) in [5.41, 5.74) is 3.90. The molecule has 2 N–H and O–H groups in total. The number of H-pyrrole nitrogens is 1. The van der Waals surface area contributed by atoms with Crippen LogP contribution in [-0.4, -0.2) is 22.8 Å². The Balaban J connectivity index is 1.71. The summed E-state index contributed by atoms with van der Waals surface area (Å²) in [5.74, 6) is 0.666. The van der Waals surface area contributed by atoms with Gasteiger partial charge in [-0.25, -0.2) is 0 Å². The van der Waals surface area contributed by atoms with Crippen LogP contribution < -0.4 is 5.32 Å². The lowest BCUT2D eigenvalue weighted by molar-refractivity contribution is -0.121. The molecule has 4 heteroatoms. The van der Waals surface area contributed by atoms with Crippen LogP contribution >= 0.6 is 11.6 Å². The van der Waals surface area contributed by atoms with E-state index in [1.54, 1.807) is 0 Å². The standard InChI is InChI=1S/C16H19ClN2O/c17-9-3-6-16(20)18-11-7-8-13-12-4-1-2-5-14(12)19-15(13)10-11/h1-2,4-5,11,19H,3,6-10H2,(H,18,20). The number of hydrogen-bond acceptors (Lipinski definition) is 1. The number of hydrogen-bond donors (Lipinski definition) is 2. The van der Waals surface area contributed by atoms with Gasteiger partial charge in [-0.05, 0) is 30.9 Å². The molecular formula is C16H19ClN2O. The molecule has 0 radical (unpaired) electrons. The normalized spacial score (nSPS) is 17.9. The third-order valence-corrected chi connectivity index (χ3v) is 4.27. The number of fused-ring (bicyclic) bond motifs is 3. The van der Waals surface area contributed by atoms with E-state index in [2.05, 4.69) is 34.6 Å². The first-order valence-electron chi connectivity index (χ1n) is 7.21. The second-order valence-electron chi connectivity index (χ2n) is 5.43. The van der Waals surface area contributed by atoms with E-state index < -0.39 is 0 Å². The third-order valence-electron chi connectivity index (χ3n) is 4.00. The molecule has 0 spiro atoms. The molecule has 0 saturated heterocycles. The van der Waals surface area contributed by atoms with Crippen molar-refractivity contribution in [3.05, 3.63) is 35.5 Å². The van der Waals surface area contributed by atoms with Gasteiger partial charge in [0.2, 0.25) is 5.91 Å². The van der Waals surface area contributed by atoms with E-state index in [-0.39, 0.29) is 11.9 Å². The summed E-state index contributed by atoms with van der Waals surface area (Å²) in [6, 6.07) is 8.66. The Kier molecular flexibility index (Phi) is 3.97. The van der Waals surface area contributed by atoms with Gasteiger partial charge in [0.1, 0.15) is 0 Å². The zero-order valence-corrected chi connectivity index (χ0v) is 12.2. The van der Waals surface area contributed by atoms with Crippen molar-refractivity contribution >= 4 is 28.4 Å². The van der Waals surface area contributed by atoms with Crippen LogP contribution in [-0.2, 0) is 17.6 Å². The molecule has 0 saturated carbocycles. The van der Waals surface area contributed by atoms with Gasteiger partial charge in [-0.15, -0.1) is 11.6 Å². The van der Waals surface area contributed by atoms with Crippen molar-refractivity contribution < 1.29 is 4.79 Å². The number of halogens is 1. The number of para-hydroxylation sites is 1. The first-order valence-corrected chi connectivity index (χ1v) is 7.75. The molecule has 1 heterocycles. The molecule has 1 atom stereocenters. The third kappa shape index (κ3) is 2.68. The maximum atomic E-state index is 11.8. The Labute approximate surface area is 123 Å². The van der Waals surface area contributed by atoms with Gasteiger partial charge in [0, 0.05) is 41.4 Å². The molecule has 3 nitrogen and oxygen atoms in total. The van der Waals surface area contributed by atoms with Crippen molar-refractivity contribution in [2.24, 2.45) is 0 Å². The lowest BCUT2D eigenvalue weighted by atomic mass is 9.91. The number of amides is 1. The van der Waals surface area contributed by atoms with E-state index in [4.69, 9.17) is 11.6 Å². The van der Waals surface area contributed by atoms with Gasteiger partial charge in [-0.2, -0.15) is 0 Å². The van der Waals surface area contributed by atoms with Crippen LogP contribution in [0.15, 0.2) is 24.3 Å². The molecule has 0 bridgehead atoms. The predicted octanol–water partition coefficient (Wildman–Crippen LogP) is 3.16. The first kappa shape index (κ1) is 13.5. The summed E-state index contributed by atoms with van der Waals surface area (Å²) in [6.45, 7) is 0. The van der Waals surface area contributed by atoms with E-state index in [1.165, 1.54) is 22.2 Å². The highest BCUT2D eigenvalue weighted by Crippen LogP contribution is 2.29. The molecule has 106 valence electrons. The molecule has 1 aromatic carbocycles. The summed E-state index contributed by atoms with van der Waals surface area (Å²) in [7, 11) is 0. The number of nitrogens with one attached hydrogen (secondary N) is 2. The maximum absolute atomic E-state index is 11.8. The van der Waals surface area contributed by atoms with E-state index in [0.717, 1.165) is 25.7 Å². The van der Waals surface area contributed by atoms with Gasteiger partial charge in [-0.3, -0.25) is 4.79 Å². The molecule has 1 amide bonds. The van der Waals surface area contributed by atoms with Crippen LogP contribution in [0.2, 0.25) is 0 Å². The molecule has 0 aliphatic heterocycles. The zero-order valence-electron chi connectivity index (χ0n) is 11.4. The molecule has 1 aliphatic rings. The van der Waals surface area contributed by atoms with E-state index in [0.29, 0.717) is 12.3 Å². The van der Waals surface area contributed by atoms with Gasteiger partial charge in [0.15, 0.2) is 0 Å². The molecule has 3 rings (SSSR count). The Morgan fingerprint density at radius 3 is 3.10 bits per heavy atom. The van der Waals surface area contributed by atoms with Crippen molar-refractivity contribution in [2.45, 2.75) is 38.1 Å². The van der Waals surface area contributed by atoms with Crippen LogP contribution in [0, 0.1) is 0 Å². The number of carbonyl (C=O) groups is 1. The lowest BCUT2D eigenvalue weighted by Gasteiger charge is -2.23. The Bertz CT molecular complexity index is 620. The minimum atomic E-state index is 0.121. The van der Waals surface area contributed by atoms with Crippen LogP contribution in [0.3, 0.4) is 0 Å². The monoisotopic (exact) mass is 290 g/mol. The lowest BCUT2D eigenvalue weighted by Crippen LogP contribution is -2.38. The summed E-state index contributed by atoms with van der Waals surface area (Å²) in [6.07, 6.45) is 4.22. The van der Waals surface area contributed by atoms with Crippen LogP contribution in [0.4, 0.5) is 0 Å². The molecule has 0 fully saturated rings. The Hall–Kier alpha value is -1.48. The van der Waals surface area contributed by atoms with E-state index in [1.807, 2.05) is 0 Å². The Morgan fingerprint density at radius 1 is 1.40 bits per heavy atom. The van der Waals surface area contributed by atoms with Gasteiger partial charge >= 0.3 is 0 Å². The number of aromatic amines is 1. The second-order valence-corrected chi connectivity index (χ2v) is 5.81. The zero-order chi connectivity index (χ0) is 13.9. The largest absolute Gasteiger partial charge is 0.358 e. The number of alkyl halides is 1. The summed E-state index contributed by atoms with van der Waals surface area (Å²) in [5, 5.41) is 4.45. The van der Waals surface area contributed by atoms with E-state index >= 15 is 0 Å². The second kappa shape index (κ2) is 5.88. The number of aromatic nitrogens is 1. The summed E-state index contributed by atoms with van der Waals surface area (Å²) in [4.78, 5) is 15.3. The Morgan fingerprint density at radius 2 is 2.25 bits per heavy atom. The van der Waals surface area contributed by atoms with Crippen molar-refractivity contribution in [1.82, 2.24) is 10.3 Å². The molecule has 1 aromatic heterocycles. The fourth-order valence-electron chi connectivity index (χ4n) is 3.03. The molecular weight excluding hydrogens is 272 g/mol. The van der Waals surface area contributed by atoms with Crippen LogP contribution in [0.5, 0.6) is 0 Å². The van der Waals surface area contributed by atoms with Crippen molar-refractivity contribution in [3.63, 3.8) is 0 Å². The van der Waals surface area contributed by atoms with Crippen molar-refractivity contribution in [3.8, 4) is 0 Å². The quantitative estimate of drug-likeness (QED) is 0.835. The van der Waals surface area contributed by atoms with Crippen LogP contribution in [0.25, 0.3) is 10.9 Å². The van der Waals surface area contributed by atoms with Gasteiger partial charge < -0.3 is 10.3 Å². The van der Waals surface area contributed by atoms with Crippen LogP contribution in [0.1, 0.15) is 30.5 Å². The minimum absolute atomic E-state index is 0.121. The first-order chi connectivity index (χ1) is 9.78. The highest BCUT2D eigenvalue weighted by Gasteiger charge is 2.23. The summed E-state index contributed by atoms with van der Waals surface area (Å²) >= 11 is 5.62. The fourth-order valence-corrected chi connectivity index (χ4v) is 3.17. The average molecular weight is 291 g/mol. The van der Waals surface area contributed by atoms with Gasteiger partial charge in [0.25, 0.3) is 0 Å². The van der Waals surface area contributed by atoms with E-state index in [9.17, 15) is 4.79 Å². The SMILES string of the molecule is O=C(CCCCl)NC1CCc2c([nH]c3ccccc23)C1. The number of rotatable bonds is 4. The topological polar surface area (TPSA) is 44.9 Å². The molecule has 20 heavy (non-hydrogen) atoms. The predicted molar refractivity (Wildman–Crippen MR) is 82.2 cm³/mol. The van der Waals surface area contributed by atoms with Crippen molar-refractivity contribution in [1.29, 1.82) is 0 Å². The smallest absolute Gasteiger partial charge is 0.220 e. The maximum Gasteiger partial charge on any atom is 0.220 e. The van der Waals surface area contributed by atoms with Gasteiger partial charge in [0.05, 0.1) is 0 Å². The number of aryl methyl sites for hydroxylation is 1. The fraction of sp³-hybridized carbons (Fsp3) is 0.438. The number of benzene rings is 1. The number of carbonyl (C=O) groups excluding carboxylic acids is 1. The van der Waals surface area contributed by atoms with Crippen molar-refractivity contribution in [2.75, 3.05) is 5.88 Å². The molecule has 1 aliphatic carbocycles. The average Bonchev–Trinajstić information content (AvgIpc) is 2.82. The highest BCUT2D eigenvalue weighted by molar-refractivity contribution is 6.17. The van der Waals surface area contributed by atoms with Gasteiger partial charge in [-0.1, -0.05) is 18.2 Å². The summed E-state index contributed by atoms with van der Waals surface area (Å²) < 4.78 is 0. The molecule has 2 aromatic rings.